The second-order valence-corrected chi connectivity index (χ2v) is 7.73. The average Bonchev–Trinajstić information content (AvgIpc) is 3.10. The molecule has 2 aromatic rings. The predicted octanol–water partition coefficient (Wildman–Crippen LogP) is 1.28. The van der Waals surface area contributed by atoms with E-state index in [9.17, 15) is 13.2 Å². The van der Waals surface area contributed by atoms with E-state index in [-0.39, 0.29) is 11.3 Å². The first-order valence-electron chi connectivity index (χ1n) is 8.03. The van der Waals surface area contributed by atoms with Gasteiger partial charge in [0.25, 0.3) is 10.0 Å². The molecule has 138 valence electrons. The average molecular weight is 377 g/mol. The lowest BCUT2D eigenvalue weighted by Crippen LogP contribution is -2.29. The summed E-state index contributed by atoms with van der Waals surface area (Å²) in [6.07, 6.45) is 2.66. The van der Waals surface area contributed by atoms with Crippen LogP contribution in [0.15, 0.2) is 41.4 Å². The molecular weight excluding hydrogens is 358 g/mol. The van der Waals surface area contributed by atoms with Crippen molar-refractivity contribution in [2.75, 3.05) is 18.0 Å². The van der Waals surface area contributed by atoms with Gasteiger partial charge in [0.2, 0.25) is 5.91 Å². The Hall–Kier alpha value is -2.65. The maximum absolute atomic E-state index is 12.9. The van der Waals surface area contributed by atoms with Crippen molar-refractivity contribution in [3.63, 3.8) is 0 Å². The number of hydroxylamine groups is 1. The predicted molar refractivity (Wildman–Crippen MR) is 93.7 cm³/mol. The number of aryl methyl sites for hydroxylation is 1. The number of anilines is 1. The number of fused-ring (bicyclic) bond motifs is 1. The number of pyridine rings is 1. The van der Waals surface area contributed by atoms with Crippen LogP contribution in [0.2, 0.25) is 0 Å². The van der Waals surface area contributed by atoms with E-state index in [1.165, 1.54) is 23.5 Å². The second-order valence-electron chi connectivity index (χ2n) is 5.86. The van der Waals surface area contributed by atoms with Crippen LogP contribution in [0.4, 0.5) is 5.82 Å². The molecule has 0 aliphatic carbocycles. The monoisotopic (exact) mass is 377 g/mol. The minimum atomic E-state index is -3.70. The molecule has 0 atom stereocenters. The van der Waals surface area contributed by atoms with E-state index in [0.29, 0.717) is 31.0 Å². The molecule has 0 radical (unpaired) electrons. The molecule has 2 N–H and O–H groups in total. The highest BCUT2D eigenvalue weighted by molar-refractivity contribution is 7.92. The van der Waals surface area contributed by atoms with Gasteiger partial charge < -0.3 is 4.74 Å². The van der Waals surface area contributed by atoms with E-state index in [2.05, 4.69) is 4.98 Å². The Balaban J connectivity index is 1.83. The van der Waals surface area contributed by atoms with Gasteiger partial charge in [0.15, 0.2) is 0 Å². The lowest BCUT2D eigenvalue weighted by atomic mass is 10.1. The van der Waals surface area contributed by atoms with E-state index in [4.69, 9.17) is 9.94 Å². The second kappa shape index (κ2) is 7.30. The molecule has 0 saturated heterocycles. The van der Waals surface area contributed by atoms with Crippen molar-refractivity contribution in [3.05, 3.63) is 47.7 Å². The zero-order chi connectivity index (χ0) is 18.7. The van der Waals surface area contributed by atoms with Crippen molar-refractivity contribution >= 4 is 21.7 Å². The molecule has 26 heavy (non-hydrogen) atoms. The van der Waals surface area contributed by atoms with E-state index in [1.807, 2.05) is 6.07 Å². The first-order valence-corrected chi connectivity index (χ1v) is 9.47. The SMILES string of the molecule is COc1ccc(S(=O)(=O)N2CCc3cc(CCC(=O)NO)cnc32)cc1. The summed E-state index contributed by atoms with van der Waals surface area (Å²) >= 11 is 0. The molecule has 1 aliphatic rings. The normalized spacial score (nSPS) is 13.4. The van der Waals surface area contributed by atoms with Crippen molar-refractivity contribution < 1.29 is 23.2 Å². The summed E-state index contributed by atoms with van der Waals surface area (Å²) in [5.74, 6) is 0.519. The minimum Gasteiger partial charge on any atom is -0.497 e. The van der Waals surface area contributed by atoms with Crippen LogP contribution in [0.5, 0.6) is 5.75 Å². The Bertz CT molecular complexity index is 912. The van der Waals surface area contributed by atoms with Crippen molar-refractivity contribution in [1.29, 1.82) is 0 Å². The molecule has 0 fully saturated rings. The van der Waals surface area contributed by atoms with Gasteiger partial charge >= 0.3 is 0 Å². The highest BCUT2D eigenvalue weighted by atomic mass is 32.2. The summed E-state index contributed by atoms with van der Waals surface area (Å²) in [7, 11) is -2.18. The van der Waals surface area contributed by atoms with Crippen LogP contribution in [0.1, 0.15) is 17.5 Å². The van der Waals surface area contributed by atoms with Gasteiger partial charge in [-0.2, -0.15) is 0 Å². The van der Waals surface area contributed by atoms with Crippen LogP contribution < -0.4 is 14.5 Å². The fourth-order valence-corrected chi connectivity index (χ4v) is 4.31. The van der Waals surface area contributed by atoms with Crippen LogP contribution in [-0.2, 0) is 27.7 Å². The van der Waals surface area contributed by atoms with Gasteiger partial charge in [-0.25, -0.2) is 23.2 Å². The molecular formula is C17H19N3O5S. The third-order valence-corrected chi connectivity index (χ3v) is 6.04. The summed E-state index contributed by atoms with van der Waals surface area (Å²) in [6.45, 7) is 0.317. The Morgan fingerprint density at radius 2 is 2.08 bits per heavy atom. The van der Waals surface area contributed by atoms with Crippen LogP contribution in [0.25, 0.3) is 0 Å². The lowest BCUT2D eigenvalue weighted by Gasteiger charge is -2.18. The van der Waals surface area contributed by atoms with Crippen LogP contribution in [-0.4, -0.2) is 38.2 Å². The Morgan fingerprint density at radius 1 is 1.35 bits per heavy atom. The summed E-state index contributed by atoms with van der Waals surface area (Å²) in [5, 5.41) is 8.54. The number of hydrogen-bond donors (Lipinski definition) is 2. The maximum atomic E-state index is 12.9. The number of rotatable bonds is 6. The van der Waals surface area contributed by atoms with Crippen molar-refractivity contribution in [2.45, 2.75) is 24.2 Å². The fraction of sp³-hybridized carbons (Fsp3) is 0.294. The highest BCUT2D eigenvalue weighted by Crippen LogP contribution is 2.32. The Morgan fingerprint density at radius 3 is 2.73 bits per heavy atom. The number of aromatic nitrogens is 1. The summed E-state index contributed by atoms with van der Waals surface area (Å²) in [6, 6.07) is 8.08. The van der Waals surface area contributed by atoms with Crippen molar-refractivity contribution in [2.24, 2.45) is 0 Å². The molecule has 8 nitrogen and oxygen atoms in total. The molecule has 1 amide bonds. The van der Waals surface area contributed by atoms with Crippen LogP contribution in [0.3, 0.4) is 0 Å². The zero-order valence-electron chi connectivity index (χ0n) is 14.2. The molecule has 0 spiro atoms. The molecule has 9 heteroatoms. The van der Waals surface area contributed by atoms with Gasteiger partial charge in [-0.15, -0.1) is 0 Å². The van der Waals surface area contributed by atoms with Gasteiger partial charge in [0, 0.05) is 19.2 Å². The summed E-state index contributed by atoms with van der Waals surface area (Å²) < 4.78 is 32.2. The lowest BCUT2D eigenvalue weighted by molar-refractivity contribution is -0.129. The third-order valence-electron chi connectivity index (χ3n) is 4.23. The minimum absolute atomic E-state index is 0.130. The molecule has 0 bridgehead atoms. The Labute approximate surface area is 151 Å². The van der Waals surface area contributed by atoms with E-state index < -0.39 is 15.9 Å². The smallest absolute Gasteiger partial charge is 0.265 e. The van der Waals surface area contributed by atoms with E-state index in [0.717, 1.165) is 11.1 Å². The Kier molecular flexibility index (Phi) is 5.10. The molecule has 1 aromatic heterocycles. The number of carbonyl (C=O) groups is 1. The van der Waals surface area contributed by atoms with Crippen molar-refractivity contribution in [1.82, 2.24) is 10.5 Å². The number of sulfonamides is 1. The first kappa shape index (κ1) is 18.2. The number of hydrogen-bond acceptors (Lipinski definition) is 6. The van der Waals surface area contributed by atoms with Crippen molar-refractivity contribution in [3.8, 4) is 5.75 Å². The number of ether oxygens (including phenoxy) is 1. The quantitative estimate of drug-likeness (QED) is 0.580. The zero-order valence-corrected chi connectivity index (χ0v) is 15.0. The standard InChI is InChI=1S/C17H19N3O5S/c1-25-14-3-5-15(6-4-14)26(23,24)20-9-8-13-10-12(11-18-17(13)20)2-7-16(21)19-22/h3-6,10-11,22H,2,7-9H2,1H3,(H,19,21). The molecule has 2 heterocycles. The van der Waals surface area contributed by atoms with Gasteiger partial charge in [-0.05, 0) is 48.2 Å². The van der Waals surface area contributed by atoms with Gasteiger partial charge in [-0.3, -0.25) is 10.0 Å². The van der Waals surface area contributed by atoms with Gasteiger partial charge in [0.1, 0.15) is 11.6 Å². The maximum Gasteiger partial charge on any atom is 0.265 e. The summed E-state index contributed by atoms with van der Waals surface area (Å²) in [5.41, 5.74) is 3.22. The summed E-state index contributed by atoms with van der Waals surface area (Å²) in [4.78, 5) is 15.6. The molecule has 0 saturated carbocycles. The molecule has 0 unspecified atom stereocenters. The van der Waals surface area contributed by atoms with E-state index in [1.54, 1.807) is 23.8 Å². The molecule has 1 aliphatic heterocycles. The number of methoxy groups -OCH3 is 1. The first-order chi connectivity index (χ1) is 12.5. The number of benzene rings is 1. The number of carbonyl (C=O) groups excluding carboxylic acids is 1. The largest absolute Gasteiger partial charge is 0.497 e. The van der Waals surface area contributed by atoms with Crippen LogP contribution in [0, 0.1) is 0 Å². The highest BCUT2D eigenvalue weighted by Gasteiger charge is 2.32. The molecule has 3 rings (SSSR count). The topological polar surface area (TPSA) is 109 Å². The number of nitrogens with zero attached hydrogens (tertiary/aromatic N) is 2. The number of amides is 1. The van der Waals surface area contributed by atoms with E-state index >= 15 is 0 Å². The third kappa shape index (κ3) is 3.49. The van der Waals surface area contributed by atoms with Gasteiger partial charge in [-0.1, -0.05) is 6.07 Å². The molecule has 1 aromatic carbocycles. The van der Waals surface area contributed by atoms with Gasteiger partial charge in [0.05, 0.1) is 12.0 Å². The number of nitrogens with one attached hydrogen (secondary N) is 1. The fourth-order valence-electron chi connectivity index (χ4n) is 2.85. The van der Waals surface area contributed by atoms with Crippen LogP contribution >= 0.6 is 0 Å².